The number of H-pyrrole nitrogens is 1. The van der Waals surface area contributed by atoms with Crippen LogP contribution >= 0.6 is 31.9 Å². The Balaban J connectivity index is 1.85. The number of aromatic nitrogens is 2. The summed E-state index contributed by atoms with van der Waals surface area (Å²) in [5.41, 5.74) is 3.04. The fraction of sp³-hybridized carbons (Fsp3) is 0.0714. The minimum atomic E-state index is 0.212. The molecular formula is C14H11Br2N3O. The fourth-order valence-corrected chi connectivity index (χ4v) is 3.31. The first kappa shape index (κ1) is 13.5. The predicted molar refractivity (Wildman–Crippen MR) is 86.9 cm³/mol. The summed E-state index contributed by atoms with van der Waals surface area (Å²) in [5.74, 6) is 0.212. The van der Waals surface area contributed by atoms with Crippen LogP contribution in [0.25, 0.3) is 10.9 Å². The number of nitrogens with zero attached hydrogens (tertiary/aromatic N) is 1. The number of halogens is 2. The van der Waals surface area contributed by atoms with E-state index < -0.39 is 0 Å². The van der Waals surface area contributed by atoms with Gasteiger partial charge in [0.1, 0.15) is 5.75 Å². The molecule has 0 atom stereocenters. The maximum absolute atomic E-state index is 9.70. The Morgan fingerprint density at radius 3 is 2.70 bits per heavy atom. The van der Waals surface area contributed by atoms with Crippen LogP contribution in [0.5, 0.6) is 5.75 Å². The fourth-order valence-electron chi connectivity index (χ4n) is 2.03. The SMILES string of the molecule is Oc1c(Br)cc(CNc2cccc3cn[nH]c23)cc1Br. The normalized spacial score (nSPS) is 10.9. The molecule has 1 heterocycles. The molecule has 0 aliphatic rings. The topological polar surface area (TPSA) is 60.9 Å². The van der Waals surface area contributed by atoms with Crippen LogP contribution in [0.1, 0.15) is 5.56 Å². The van der Waals surface area contributed by atoms with E-state index in [4.69, 9.17) is 0 Å². The zero-order valence-electron chi connectivity index (χ0n) is 10.3. The zero-order valence-corrected chi connectivity index (χ0v) is 13.5. The molecule has 20 heavy (non-hydrogen) atoms. The molecule has 0 aliphatic heterocycles. The van der Waals surface area contributed by atoms with Crippen LogP contribution in [0.2, 0.25) is 0 Å². The summed E-state index contributed by atoms with van der Waals surface area (Å²) in [6.07, 6.45) is 1.80. The van der Waals surface area contributed by atoms with E-state index in [0.29, 0.717) is 15.5 Å². The van der Waals surface area contributed by atoms with Gasteiger partial charge in [0.05, 0.1) is 26.3 Å². The van der Waals surface area contributed by atoms with Crippen LogP contribution in [-0.4, -0.2) is 15.3 Å². The first-order valence-corrected chi connectivity index (χ1v) is 7.56. The van der Waals surface area contributed by atoms with Crippen molar-refractivity contribution in [3.63, 3.8) is 0 Å². The molecule has 1 aromatic heterocycles. The van der Waals surface area contributed by atoms with Gasteiger partial charge in [-0.05, 0) is 55.6 Å². The molecule has 0 saturated heterocycles. The van der Waals surface area contributed by atoms with Crippen molar-refractivity contribution in [2.45, 2.75) is 6.54 Å². The second-order valence-corrected chi connectivity index (χ2v) is 6.11. The summed E-state index contributed by atoms with van der Waals surface area (Å²) in [6, 6.07) is 9.78. The van der Waals surface area contributed by atoms with Gasteiger partial charge in [0.15, 0.2) is 0 Å². The van der Waals surface area contributed by atoms with Gasteiger partial charge < -0.3 is 10.4 Å². The number of rotatable bonds is 3. The molecular weight excluding hydrogens is 386 g/mol. The van der Waals surface area contributed by atoms with Crippen molar-refractivity contribution in [1.29, 1.82) is 0 Å². The number of anilines is 1. The molecule has 2 aromatic carbocycles. The van der Waals surface area contributed by atoms with Gasteiger partial charge in [-0.3, -0.25) is 5.10 Å². The van der Waals surface area contributed by atoms with E-state index in [-0.39, 0.29) is 5.75 Å². The van der Waals surface area contributed by atoms with Crippen molar-refractivity contribution in [3.05, 3.63) is 51.0 Å². The van der Waals surface area contributed by atoms with E-state index in [0.717, 1.165) is 22.2 Å². The van der Waals surface area contributed by atoms with Crippen LogP contribution < -0.4 is 5.32 Å². The molecule has 0 bridgehead atoms. The maximum atomic E-state index is 9.70. The Morgan fingerprint density at radius 1 is 1.20 bits per heavy atom. The van der Waals surface area contributed by atoms with E-state index in [2.05, 4.69) is 47.4 Å². The molecule has 0 radical (unpaired) electrons. The monoisotopic (exact) mass is 395 g/mol. The highest BCUT2D eigenvalue weighted by Crippen LogP contribution is 2.33. The van der Waals surface area contributed by atoms with Gasteiger partial charge in [0.2, 0.25) is 0 Å². The Hall–Kier alpha value is -1.53. The molecule has 3 rings (SSSR count). The molecule has 0 amide bonds. The number of phenolic OH excluding ortho intramolecular Hbond substituents is 1. The number of aromatic hydroxyl groups is 1. The minimum absolute atomic E-state index is 0.212. The highest BCUT2D eigenvalue weighted by molar-refractivity contribution is 9.11. The summed E-state index contributed by atoms with van der Waals surface area (Å²) >= 11 is 6.67. The minimum Gasteiger partial charge on any atom is -0.506 e. The number of benzene rings is 2. The van der Waals surface area contributed by atoms with Gasteiger partial charge in [-0.2, -0.15) is 5.10 Å². The number of para-hydroxylation sites is 1. The Kier molecular flexibility index (Phi) is 3.67. The van der Waals surface area contributed by atoms with E-state index in [1.807, 2.05) is 30.3 Å². The third kappa shape index (κ3) is 2.53. The number of nitrogens with one attached hydrogen (secondary N) is 2. The van der Waals surface area contributed by atoms with Crippen LogP contribution in [0, 0.1) is 0 Å². The lowest BCUT2D eigenvalue weighted by atomic mass is 10.2. The maximum Gasteiger partial charge on any atom is 0.143 e. The molecule has 0 spiro atoms. The highest BCUT2D eigenvalue weighted by atomic mass is 79.9. The van der Waals surface area contributed by atoms with Crippen LogP contribution in [0.3, 0.4) is 0 Å². The lowest BCUT2D eigenvalue weighted by Crippen LogP contribution is -2.00. The number of hydrogen-bond acceptors (Lipinski definition) is 3. The number of aromatic amines is 1. The van der Waals surface area contributed by atoms with Crippen LogP contribution in [0.4, 0.5) is 5.69 Å². The van der Waals surface area contributed by atoms with Crippen LogP contribution in [-0.2, 0) is 6.54 Å². The summed E-state index contributed by atoms with van der Waals surface area (Å²) in [7, 11) is 0. The van der Waals surface area contributed by atoms with E-state index in [1.54, 1.807) is 6.20 Å². The van der Waals surface area contributed by atoms with Crippen LogP contribution in [0.15, 0.2) is 45.5 Å². The van der Waals surface area contributed by atoms with Gasteiger partial charge in [-0.1, -0.05) is 12.1 Å². The van der Waals surface area contributed by atoms with Gasteiger partial charge in [0.25, 0.3) is 0 Å². The Labute approximate surface area is 132 Å². The van der Waals surface area contributed by atoms with E-state index in [9.17, 15) is 5.11 Å². The van der Waals surface area contributed by atoms with Crippen molar-refractivity contribution in [2.24, 2.45) is 0 Å². The summed E-state index contributed by atoms with van der Waals surface area (Å²) in [6.45, 7) is 0.648. The van der Waals surface area contributed by atoms with Crippen molar-refractivity contribution in [2.75, 3.05) is 5.32 Å². The largest absolute Gasteiger partial charge is 0.506 e. The van der Waals surface area contributed by atoms with Crippen molar-refractivity contribution in [3.8, 4) is 5.75 Å². The Bertz CT molecular complexity index is 747. The lowest BCUT2D eigenvalue weighted by Gasteiger charge is -2.09. The van der Waals surface area contributed by atoms with E-state index >= 15 is 0 Å². The number of phenols is 1. The highest BCUT2D eigenvalue weighted by Gasteiger charge is 2.07. The zero-order chi connectivity index (χ0) is 14.1. The average molecular weight is 397 g/mol. The van der Waals surface area contributed by atoms with Crippen molar-refractivity contribution in [1.82, 2.24) is 10.2 Å². The van der Waals surface area contributed by atoms with Crippen molar-refractivity contribution < 1.29 is 5.11 Å². The molecule has 3 N–H and O–H groups in total. The molecule has 4 nitrogen and oxygen atoms in total. The summed E-state index contributed by atoms with van der Waals surface area (Å²) in [5, 5.41) is 21.2. The first-order chi connectivity index (χ1) is 9.65. The molecule has 0 saturated carbocycles. The second-order valence-electron chi connectivity index (χ2n) is 4.40. The number of hydrogen-bond donors (Lipinski definition) is 3. The lowest BCUT2D eigenvalue weighted by molar-refractivity contribution is 0.468. The van der Waals surface area contributed by atoms with Gasteiger partial charge in [-0.15, -0.1) is 0 Å². The molecule has 102 valence electrons. The number of fused-ring (bicyclic) bond motifs is 1. The Morgan fingerprint density at radius 2 is 1.95 bits per heavy atom. The second kappa shape index (κ2) is 5.46. The molecule has 6 heteroatoms. The van der Waals surface area contributed by atoms with Gasteiger partial charge >= 0.3 is 0 Å². The van der Waals surface area contributed by atoms with Gasteiger partial charge in [0, 0.05) is 11.9 Å². The quantitative estimate of drug-likeness (QED) is 0.614. The summed E-state index contributed by atoms with van der Waals surface area (Å²) < 4.78 is 1.34. The van der Waals surface area contributed by atoms with E-state index in [1.165, 1.54) is 0 Å². The average Bonchev–Trinajstić information content (AvgIpc) is 2.91. The molecule has 3 aromatic rings. The molecule has 0 aliphatic carbocycles. The molecule has 0 fully saturated rings. The smallest absolute Gasteiger partial charge is 0.143 e. The first-order valence-electron chi connectivity index (χ1n) is 5.98. The molecule has 0 unspecified atom stereocenters. The van der Waals surface area contributed by atoms with Crippen molar-refractivity contribution >= 4 is 48.5 Å². The summed E-state index contributed by atoms with van der Waals surface area (Å²) in [4.78, 5) is 0. The third-order valence-electron chi connectivity index (χ3n) is 3.04. The van der Waals surface area contributed by atoms with Gasteiger partial charge in [-0.25, -0.2) is 0 Å². The third-order valence-corrected chi connectivity index (χ3v) is 4.25. The standard InChI is InChI=1S/C14H11Br2N3O/c15-10-4-8(5-11(16)14(10)20)6-17-12-3-1-2-9-7-18-19-13(9)12/h1-5,7,17,20H,6H2,(H,18,19). The predicted octanol–water partition coefficient (Wildman–Crippen LogP) is 4.41.